The van der Waals surface area contributed by atoms with Crippen LogP contribution in [0.3, 0.4) is 0 Å². The molecule has 1 aliphatic heterocycles. The molecule has 1 aliphatic rings. The zero-order valence-corrected chi connectivity index (χ0v) is 15.3. The molecule has 5 nitrogen and oxygen atoms in total. The summed E-state index contributed by atoms with van der Waals surface area (Å²) < 4.78 is 43.1. The van der Waals surface area contributed by atoms with Gasteiger partial charge < -0.3 is 15.4 Å². The Kier molecular flexibility index (Phi) is 6.39. The van der Waals surface area contributed by atoms with E-state index in [-0.39, 0.29) is 5.92 Å². The van der Waals surface area contributed by atoms with Crippen LogP contribution in [-0.2, 0) is 0 Å². The van der Waals surface area contributed by atoms with E-state index in [4.69, 9.17) is 4.74 Å². The molecule has 0 radical (unpaired) electrons. The van der Waals surface area contributed by atoms with E-state index >= 15 is 0 Å². The lowest BCUT2D eigenvalue weighted by Gasteiger charge is -2.23. The summed E-state index contributed by atoms with van der Waals surface area (Å²) in [6.07, 6.45) is -3.55. The minimum absolute atomic E-state index is 0.0177. The summed E-state index contributed by atoms with van der Waals surface area (Å²) in [4.78, 5) is 13.5. The maximum atomic E-state index is 12.4. The highest BCUT2D eigenvalue weighted by Crippen LogP contribution is 2.27. The molecule has 0 aromatic heterocycles. The minimum atomic E-state index is -4.18. The van der Waals surface area contributed by atoms with Gasteiger partial charge in [-0.25, -0.2) is 4.79 Å². The normalized spacial score (nSPS) is 18.6. The van der Waals surface area contributed by atoms with E-state index in [2.05, 4.69) is 10.6 Å². The molecule has 1 unspecified atom stereocenters. The number of nitrogens with zero attached hydrogens (tertiary/aromatic N) is 1. The number of carbonyl (C=O) groups excluding carboxylic acids is 1. The molecular formula is C18H26F3N3O2. The predicted molar refractivity (Wildman–Crippen MR) is 94.4 cm³/mol. The number of alkyl halides is 3. The first-order valence-corrected chi connectivity index (χ1v) is 8.64. The fourth-order valence-corrected chi connectivity index (χ4v) is 2.87. The number of anilines is 1. The summed E-state index contributed by atoms with van der Waals surface area (Å²) >= 11 is 0. The van der Waals surface area contributed by atoms with Crippen LogP contribution in [0.15, 0.2) is 24.3 Å². The molecule has 1 aromatic carbocycles. The van der Waals surface area contributed by atoms with Crippen LogP contribution >= 0.6 is 0 Å². The molecule has 146 valence electrons. The SMILES string of the molecule is CC(C)(C)Oc1ccccc1NC(=O)NCC1CCN(CC(F)(F)F)C1. The predicted octanol–water partition coefficient (Wildman–Crippen LogP) is 3.87. The van der Waals surface area contributed by atoms with Crippen molar-refractivity contribution in [2.45, 2.75) is 39.0 Å². The fourth-order valence-electron chi connectivity index (χ4n) is 2.87. The third kappa shape index (κ3) is 7.11. The van der Waals surface area contributed by atoms with Crippen molar-refractivity contribution in [3.63, 3.8) is 0 Å². The number of likely N-dealkylation sites (tertiary alicyclic amines) is 1. The Hall–Kier alpha value is -1.96. The van der Waals surface area contributed by atoms with Crippen molar-refractivity contribution in [2.75, 3.05) is 31.5 Å². The molecule has 1 atom stereocenters. The van der Waals surface area contributed by atoms with E-state index in [9.17, 15) is 18.0 Å². The quantitative estimate of drug-likeness (QED) is 0.824. The number of amides is 2. The Balaban J connectivity index is 1.81. The molecule has 1 saturated heterocycles. The monoisotopic (exact) mass is 373 g/mol. The maximum absolute atomic E-state index is 12.4. The van der Waals surface area contributed by atoms with E-state index < -0.39 is 24.4 Å². The first-order chi connectivity index (χ1) is 12.0. The topological polar surface area (TPSA) is 53.6 Å². The van der Waals surface area contributed by atoms with Crippen LogP contribution in [0.4, 0.5) is 23.7 Å². The number of ether oxygens (including phenoxy) is 1. The van der Waals surface area contributed by atoms with Crippen LogP contribution in [0.25, 0.3) is 0 Å². The van der Waals surface area contributed by atoms with Gasteiger partial charge in [0.2, 0.25) is 0 Å². The van der Waals surface area contributed by atoms with Crippen LogP contribution in [0, 0.1) is 5.92 Å². The zero-order chi connectivity index (χ0) is 19.4. The van der Waals surface area contributed by atoms with Crippen molar-refractivity contribution in [2.24, 2.45) is 5.92 Å². The highest BCUT2D eigenvalue weighted by Gasteiger charge is 2.34. The van der Waals surface area contributed by atoms with Gasteiger partial charge in [0.15, 0.2) is 0 Å². The van der Waals surface area contributed by atoms with Gasteiger partial charge in [-0.1, -0.05) is 12.1 Å². The Labute approximate surface area is 151 Å². The summed E-state index contributed by atoms with van der Waals surface area (Å²) in [5.74, 6) is 0.580. The molecule has 2 rings (SSSR count). The third-order valence-electron chi connectivity index (χ3n) is 3.88. The third-order valence-corrected chi connectivity index (χ3v) is 3.88. The van der Waals surface area contributed by atoms with Crippen LogP contribution < -0.4 is 15.4 Å². The van der Waals surface area contributed by atoms with Gasteiger partial charge in [0.05, 0.1) is 12.2 Å². The number of para-hydroxylation sites is 2. The average molecular weight is 373 g/mol. The van der Waals surface area contributed by atoms with Crippen molar-refractivity contribution in [3.8, 4) is 5.75 Å². The second-order valence-electron chi connectivity index (χ2n) is 7.55. The molecule has 0 bridgehead atoms. The summed E-state index contributed by atoms with van der Waals surface area (Å²) in [5, 5.41) is 5.47. The van der Waals surface area contributed by atoms with Crippen LogP contribution in [0.2, 0.25) is 0 Å². The molecular weight excluding hydrogens is 347 g/mol. The number of rotatable bonds is 5. The van der Waals surface area contributed by atoms with Gasteiger partial charge in [0.1, 0.15) is 11.4 Å². The molecule has 1 fully saturated rings. The van der Waals surface area contributed by atoms with Crippen LogP contribution in [0.5, 0.6) is 5.75 Å². The van der Waals surface area contributed by atoms with E-state index in [0.717, 1.165) is 0 Å². The van der Waals surface area contributed by atoms with E-state index in [1.165, 1.54) is 4.90 Å². The number of halogens is 3. The smallest absolute Gasteiger partial charge is 0.401 e. The lowest BCUT2D eigenvalue weighted by Crippen LogP contribution is -2.36. The Bertz CT molecular complexity index is 614. The first kappa shape index (κ1) is 20.4. The Morgan fingerprint density at radius 1 is 1.27 bits per heavy atom. The minimum Gasteiger partial charge on any atom is -0.486 e. The first-order valence-electron chi connectivity index (χ1n) is 8.64. The van der Waals surface area contributed by atoms with Gasteiger partial charge in [-0.3, -0.25) is 4.90 Å². The molecule has 26 heavy (non-hydrogen) atoms. The number of hydrogen-bond acceptors (Lipinski definition) is 3. The molecule has 1 heterocycles. The van der Waals surface area contributed by atoms with E-state index in [1.54, 1.807) is 18.2 Å². The lowest BCUT2D eigenvalue weighted by molar-refractivity contribution is -0.143. The number of carbonyl (C=O) groups is 1. The lowest BCUT2D eigenvalue weighted by atomic mass is 10.1. The zero-order valence-electron chi connectivity index (χ0n) is 15.3. The molecule has 2 N–H and O–H groups in total. The van der Waals surface area contributed by atoms with Crippen molar-refractivity contribution >= 4 is 11.7 Å². The molecule has 1 aromatic rings. The highest BCUT2D eigenvalue weighted by molar-refractivity contribution is 5.90. The van der Waals surface area contributed by atoms with Gasteiger partial charge in [-0.15, -0.1) is 0 Å². The standard InChI is InChI=1S/C18H26F3N3O2/c1-17(2,3)26-15-7-5-4-6-14(15)23-16(25)22-10-13-8-9-24(11-13)12-18(19,20)21/h4-7,13H,8-12H2,1-3H3,(H2,22,23,25). The van der Waals surface area contributed by atoms with Crippen molar-refractivity contribution < 1.29 is 22.7 Å². The molecule has 0 saturated carbocycles. The van der Waals surface area contributed by atoms with Gasteiger partial charge in [-0.05, 0) is 51.8 Å². The van der Waals surface area contributed by atoms with Gasteiger partial charge >= 0.3 is 12.2 Å². The number of hydrogen-bond donors (Lipinski definition) is 2. The second-order valence-corrected chi connectivity index (χ2v) is 7.55. The average Bonchev–Trinajstić information content (AvgIpc) is 2.91. The number of nitrogens with one attached hydrogen (secondary N) is 2. The van der Waals surface area contributed by atoms with E-state index in [0.29, 0.717) is 37.5 Å². The summed E-state index contributed by atoms with van der Waals surface area (Å²) in [7, 11) is 0. The molecule has 0 aliphatic carbocycles. The van der Waals surface area contributed by atoms with Gasteiger partial charge in [0, 0.05) is 13.1 Å². The Morgan fingerprint density at radius 2 is 1.96 bits per heavy atom. The molecule has 2 amide bonds. The van der Waals surface area contributed by atoms with Crippen molar-refractivity contribution in [1.29, 1.82) is 0 Å². The molecule has 8 heteroatoms. The summed E-state index contributed by atoms with van der Waals surface area (Å²) in [5.41, 5.74) is 0.144. The van der Waals surface area contributed by atoms with Crippen LogP contribution in [-0.4, -0.2) is 48.9 Å². The summed E-state index contributed by atoms with van der Waals surface area (Å²) in [6.45, 7) is 5.92. The van der Waals surface area contributed by atoms with Crippen molar-refractivity contribution in [3.05, 3.63) is 24.3 Å². The maximum Gasteiger partial charge on any atom is 0.401 e. The van der Waals surface area contributed by atoms with Crippen LogP contribution in [0.1, 0.15) is 27.2 Å². The second kappa shape index (κ2) is 8.16. The fraction of sp³-hybridized carbons (Fsp3) is 0.611. The largest absolute Gasteiger partial charge is 0.486 e. The van der Waals surface area contributed by atoms with Crippen molar-refractivity contribution in [1.82, 2.24) is 10.2 Å². The number of urea groups is 1. The highest BCUT2D eigenvalue weighted by atomic mass is 19.4. The van der Waals surface area contributed by atoms with E-state index in [1.807, 2.05) is 26.8 Å². The van der Waals surface area contributed by atoms with Gasteiger partial charge in [0.25, 0.3) is 0 Å². The summed E-state index contributed by atoms with van der Waals surface area (Å²) in [6, 6.07) is 6.72. The Morgan fingerprint density at radius 3 is 2.62 bits per heavy atom. The number of benzene rings is 1. The molecule has 0 spiro atoms. The van der Waals surface area contributed by atoms with Gasteiger partial charge in [-0.2, -0.15) is 13.2 Å².